The molecule has 2 aliphatic rings. The third kappa shape index (κ3) is 4.70. The Kier molecular flexibility index (Phi) is 6.68. The Hall–Kier alpha value is -1.10. The molecule has 1 saturated heterocycles. The number of likely N-dealkylation sites (tertiary alicyclic amines) is 1. The molecule has 126 valence electrons. The normalized spacial score (nSPS) is 29.9. The monoisotopic (exact) mass is 311 g/mol. The van der Waals surface area contributed by atoms with Crippen molar-refractivity contribution in [2.24, 2.45) is 11.8 Å². The average molecular weight is 311 g/mol. The van der Waals surface area contributed by atoms with Crippen molar-refractivity contribution < 1.29 is 19.4 Å². The minimum atomic E-state index is -0.711. The fourth-order valence-corrected chi connectivity index (χ4v) is 3.58. The Balaban J connectivity index is 1.79. The van der Waals surface area contributed by atoms with E-state index in [-0.39, 0.29) is 17.7 Å². The third-order valence-corrected chi connectivity index (χ3v) is 4.97. The first-order valence-electron chi connectivity index (χ1n) is 8.75. The van der Waals surface area contributed by atoms with Gasteiger partial charge in [-0.3, -0.25) is 9.59 Å². The fraction of sp³-hybridized carbons (Fsp3) is 0.882. The van der Waals surface area contributed by atoms with E-state index >= 15 is 0 Å². The molecule has 1 aliphatic carbocycles. The summed E-state index contributed by atoms with van der Waals surface area (Å²) in [5, 5.41) is 9.04. The van der Waals surface area contributed by atoms with Crippen molar-refractivity contribution >= 4 is 11.9 Å². The SMILES string of the molecule is CCCOC1CCCN(C(=O)C2CCC(C(=O)O)CC2)CC1. The van der Waals surface area contributed by atoms with Crippen LogP contribution >= 0.6 is 0 Å². The molecule has 0 aromatic rings. The van der Waals surface area contributed by atoms with Gasteiger partial charge >= 0.3 is 5.97 Å². The van der Waals surface area contributed by atoms with Crippen molar-refractivity contribution in [2.75, 3.05) is 19.7 Å². The molecule has 0 spiro atoms. The Labute approximate surface area is 133 Å². The maximum atomic E-state index is 12.6. The van der Waals surface area contributed by atoms with Crippen LogP contribution in [0.1, 0.15) is 58.3 Å². The summed E-state index contributed by atoms with van der Waals surface area (Å²) in [6, 6.07) is 0. The van der Waals surface area contributed by atoms with Gasteiger partial charge < -0.3 is 14.7 Å². The fourth-order valence-electron chi connectivity index (χ4n) is 3.58. The topological polar surface area (TPSA) is 66.8 Å². The third-order valence-electron chi connectivity index (χ3n) is 4.97. The zero-order valence-corrected chi connectivity index (χ0v) is 13.6. The van der Waals surface area contributed by atoms with E-state index in [0.717, 1.165) is 58.2 Å². The van der Waals surface area contributed by atoms with Gasteiger partial charge in [-0.2, -0.15) is 0 Å². The van der Waals surface area contributed by atoms with E-state index in [1.807, 2.05) is 4.90 Å². The van der Waals surface area contributed by atoms with Crippen LogP contribution in [0.3, 0.4) is 0 Å². The highest BCUT2D eigenvalue weighted by Gasteiger charge is 2.32. The molecular formula is C17H29NO4. The maximum Gasteiger partial charge on any atom is 0.306 e. The molecule has 1 aliphatic heterocycles. The molecule has 0 aromatic heterocycles. The summed E-state index contributed by atoms with van der Waals surface area (Å²) in [7, 11) is 0. The van der Waals surface area contributed by atoms with Crippen molar-refractivity contribution in [1.29, 1.82) is 0 Å². The zero-order chi connectivity index (χ0) is 15.9. The number of aliphatic carboxylic acids is 1. The molecule has 1 amide bonds. The molecule has 0 radical (unpaired) electrons. The lowest BCUT2D eigenvalue weighted by Gasteiger charge is -2.30. The highest BCUT2D eigenvalue weighted by molar-refractivity contribution is 5.79. The van der Waals surface area contributed by atoms with Crippen LogP contribution in [0.25, 0.3) is 0 Å². The van der Waals surface area contributed by atoms with Crippen molar-refractivity contribution in [1.82, 2.24) is 4.90 Å². The number of hydrogen-bond donors (Lipinski definition) is 1. The smallest absolute Gasteiger partial charge is 0.306 e. The first-order valence-corrected chi connectivity index (χ1v) is 8.75. The van der Waals surface area contributed by atoms with Gasteiger partial charge in [0.1, 0.15) is 0 Å². The highest BCUT2D eigenvalue weighted by atomic mass is 16.5. The standard InChI is InChI=1S/C17H29NO4/c1-2-12-22-15-4-3-10-18(11-9-15)16(19)13-5-7-14(8-6-13)17(20)21/h13-15H,2-12H2,1H3,(H,20,21). The number of nitrogens with zero attached hydrogens (tertiary/aromatic N) is 1. The minimum absolute atomic E-state index is 0.0312. The predicted octanol–water partition coefficient (Wildman–Crippen LogP) is 2.69. The van der Waals surface area contributed by atoms with E-state index in [0.29, 0.717) is 18.9 Å². The molecule has 1 saturated carbocycles. The summed E-state index contributed by atoms with van der Waals surface area (Å²) in [6.45, 7) is 4.52. The molecule has 5 heteroatoms. The van der Waals surface area contributed by atoms with Gasteiger partial charge in [-0.15, -0.1) is 0 Å². The molecule has 1 unspecified atom stereocenters. The van der Waals surface area contributed by atoms with E-state index in [1.165, 1.54) is 0 Å². The van der Waals surface area contributed by atoms with Crippen LogP contribution in [0.4, 0.5) is 0 Å². The van der Waals surface area contributed by atoms with Crippen molar-refractivity contribution in [3.8, 4) is 0 Å². The number of rotatable bonds is 5. The van der Waals surface area contributed by atoms with Gasteiger partial charge in [0.2, 0.25) is 5.91 Å². The van der Waals surface area contributed by atoms with Crippen LogP contribution in [-0.4, -0.2) is 47.7 Å². The van der Waals surface area contributed by atoms with Gasteiger partial charge in [0.25, 0.3) is 0 Å². The molecule has 2 rings (SSSR count). The van der Waals surface area contributed by atoms with Crippen LogP contribution in [0.15, 0.2) is 0 Å². The Bertz CT molecular complexity index is 377. The number of ether oxygens (including phenoxy) is 1. The van der Waals surface area contributed by atoms with Crippen molar-refractivity contribution in [3.05, 3.63) is 0 Å². The van der Waals surface area contributed by atoms with Gasteiger partial charge in [0.15, 0.2) is 0 Å². The van der Waals surface area contributed by atoms with E-state index in [2.05, 4.69) is 6.92 Å². The summed E-state index contributed by atoms with van der Waals surface area (Å²) in [5.41, 5.74) is 0. The number of hydrogen-bond acceptors (Lipinski definition) is 3. The maximum absolute atomic E-state index is 12.6. The van der Waals surface area contributed by atoms with Crippen LogP contribution in [-0.2, 0) is 14.3 Å². The molecule has 2 fully saturated rings. The second-order valence-electron chi connectivity index (χ2n) is 6.64. The number of amides is 1. The second-order valence-corrected chi connectivity index (χ2v) is 6.64. The Morgan fingerprint density at radius 3 is 2.36 bits per heavy atom. The highest BCUT2D eigenvalue weighted by Crippen LogP contribution is 2.30. The molecule has 1 heterocycles. The second kappa shape index (κ2) is 8.51. The number of carbonyl (C=O) groups is 2. The number of carbonyl (C=O) groups excluding carboxylic acids is 1. The van der Waals surface area contributed by atoms with E-state index in [4.69, 9.17) is 9.84 Å². The molecule has 0 bridgehead atoms. The average Bonchev–Trinajstić information content (AvgIpc) is 2.78. The zero-order valence-electron chi connectivity index (χ0n) is 13.6. The van der Waals surface area contributed by atoms with Gasteiger partial charge in [-0.05, 0) is 51.4 Å². The van der Waals surface area contributed by atoms with Crippen LogP contribution in [0, 0.1) is 11.8 Å². The Morgan fingerprint density at radius 2 is 1.73 bits per heavy atom. The lowest BCUT2D eigenvalue weighted by Crippen LogP contribution is -2.39. The van der Waals surface area contributed by atoms with Crippen LogP contribution < -0.4 is 0 Å². The summed E-state index contributed by atoms with van der Waals surface area (Å²) in [6.07, 6.45) is 7.02. The summed E-state index contributed by atoms with van der Waals surface area (Å²) in [5.74, 6) is -0.694. The van der Waals surface area contributed by atoms with Gasteiger partial charge in [-0.1, -0.05) is 6.92 Å². The van der Waals surface area contributed by atoms with Crippen LogP contribution in [0.5, 0.6) is 0 Å². The Morgan fingerprint density at radius 1 is 1.05 bits per heavy atom. The lowest BCUT2D eigenvalue weighted by atomic mass is 9.81. The number of carboxylic acid groups (broad SMARTS) is 1. The summed E-state index contributed by atoms with van der Waals surface area (Å²) < 4.78 is 5.82. The van der Waals surface area contributed by atoms with Crippen molar-refractivity contribution in [3.63, 3.8) is 0 Å². The molecular weight excluding hydrogens is 282 g/mol. The van der Waals surface area contributed by atoms with E-state index in [1.54, 1.807) is 0 Å². The van der Waals surface area contributed by atoms with Crippen molar-refractivity contribution in [2.45, 2.75) is 64.4 Å². The molecule has 5 nitrogen and oxygen atoms in total. The first-order chi connectivity index (χ1) is 10.6. The van der Waals surface area contributed by atoms with Gasteiger partial charge in [0.05, 0.1) is 12.0 Å². The van der Waals surface area contributed by atoms with Gasteiger partial charge in [0, 0.05) is 25.6 Å². The summed E-state index contributed by atoms with van der Waals surface area (Å²) in [4.78, 5) is 25.6. The lowest BCUT2D eigenvalue weighted by molar-refractivity contribution is -0.145. The van der Waals surface area contributed by atoms with E-state index in [9.17, 15) is 9.59 Å². The number of carboxylic acids is 1. The molecule has 0 aromatic carbocycles. The van der Waals surface area contributed by atoms with Crippen LogP contribution in [0.2, 0.25) is 0 Å². The quantitative estimate of drug-likeness (QED) is 0.847. The minimum Gasteiger partial charge on any atom is -0.481 e. The largest absolute Gasteiger partial charge is 0.481 e. The van der Waals surface area contributed by atoms with Gasteiger partial charge in [-0.25, -0.2) is 0 Å². The van der Waals surface area contributed by atoms with E-state index < -0.39 is 5.97 Å². The first kappa shape index (κ1) is 17.3. The molecule has 1 atom stereocenters. The molecule has 1 N–H and O–H groups in total. The predicted molar refractivity (Wildman–Crippen MR) is 83.5 cm³/mol. The molecule has 22 heavy (non-hydrogen) atoms. The summed E-state index contributed by atoms with van der Waals surface area (Å²) >= 11 is 0.